The summed E-state index contributed by atoms with van der Waals surface area (Å²) >= 11 is 0. The van der Waals surface area contributed by atoms with Gasteiger partial charge in [-0.05, 0) is 19.9 Å². The van der Waals surface area contributed by atoms with E-state index >= 15 is 0 Å². The maximum absolute atomic E-state index is 11.3. The Morgan fingerprint density at radius 1 is 1.31 bits per heavy atom. The lowest BCUT2D eigenvalue weighted by Crippen LogP contribution is -2.41. The van der Waals surface area contributed by atoms with E-state index in [9.17, 15) is 13.5 Å². The summed E-state index contributed by atoms with van der Waals surface area (Å²) in [5.74, 6) is 0.390. The summed E-state index contributed by atoms with van der Waals surface area (Å²) in [6.45, 7) is 2.77. The van der Waals surface area contributed by atoms with Crippen LogP contribution in [-0.4, -0.2) is 55.7 Å². The fourth-order valence-electron chi connectivity index (χ4n) is 2.21. The smallest absolute Gasteiger partial charge is 0.151 e. The SMILES string of the molecule is CCS(=O)(=O)CCN(C)CC1(O)CCCC1. The Bertz CT molecular complexity index is 307. The number of hydrogen-bond donors (Lipinski definition) is 1. The number of nitrogens with zero attached hydrogens (tertiary/aromatic N) is 1. The third-order valence-corrected chi connectivity index (χ3v) is 5.01. The Morgan fingerprint density at radius 2 is 1.88 bits per heavy atom. The van der Waals surface area contributed by atoms with Gasteiger partial charge in [0.1, 0.15) is 0 Å². The first-order valence-corrected chi connectivity index (χ1v) is 7.80. The molecule has 0 aromatic heterocycles. The maximum atomic E-state index is 11.3. The highest BCUT2D eigenvalue weighted by Crippen LogP contribution is 2.29. The van der Waals surface area contributed by atoms with Crippen molar-refractivity contribution in [3.05, 3.63) is 0 Å². The zero-order valence-electron chi connectivity index (χ0n) is 10.3. The molecule has 0 aromatic carbocycles. The molecule has 0 heterocycles. The topological polar surface area (TPSA) is 57.6 Å². The van der Waals surface area contributed by atoms with Gasteiger partial charge in [0.05, 0.1) is 11.4 Å². The van der Waals surface area contributed by atoms with E-state index in [0.29, 0.717) is 13.1 Å². The van der Waals surface area contributed by atoms with Gasteiger partial charge in [-0.2, -0.15) is 0 Å². The quantitative estimate of drug-likeness (QED) is 0.751. The third-order valence-electron chi connectivity index (χ3n) is 3.32. The van der Waals surface area contributed by atoms with E-state index < -0.39 is 15.4 Å². The zero-order chi connectivity index (χ0) is 12.2. The monoisotopic (exact) mass is 249 g/mol. The number of aliphatic hydroxyl groups is 1. The van der Waals surface area contributed by atoms with Crippen molar-refractivity contribution in [2.75, 3.05) is 31.6 Å². The third kappa shape index (κ3) is 4.39. The lowest BCUT2D eigenvalue weighted by atomic mass is 10.0. The molecule has 0 atom stereocenters. The van der Waals surface area contributed by atoms with Crippen LogP contribution in [0.25, 0.3) is 0 Å². The van der Waals surface area contributed by atoms with Gasteiger partial charge in [0, 0.05) is 18.8 Å². The molecule has 0 amide bonds. The zero-order valence-corrected chi connectivity index (χ0v) is 11.1. The van der Waals surface area contributed by atoms with Gasteiger partial charge in [-0.25, -0.2) is 8.42 Å². The molecule has 0 unspecified atom stereocenters. The number of likely N-dealkylation sites (N-methyl/N-ethyl adjacent to an activating group) is 1. The van der Waals surface area contributed by atoms with Gasteiger partial charge in [-0.1, -0.05) is 19.8 Å². The van der Waals surface area contributed by atoms with Gasteiger partial charge in [-0.15, -0.1) is 0 Å². The van der Waals surface area contributed by atoms with E-state index in [-0.39, 0.29) is 11.5 Å². The second-order valence-corrected chi connectivity index (χ2v) is 7.38. The van der Waals surface area contributed by atoms with Crippen LogP contribution in [0, 0.1) is 0 Å². The minimum absolute atomic E-state index is 0.191. The number of sulfone groups is 1. The molecule has 0 spiro atoms. The van der Waals surface area contributed by atoms with E-state index in [1.54, 1.807) is 6.92 Å². The normalized spacial score (nSPS) is 20.5. The van der Waals surface area contributed by atoms with Crippen LogP contribution in [0.4, 0.5) is 0 Å². The molecule has 1 aliphatic carbocycles. The van der Waals surface area contributed by atoms with Crippen LogP contribution in [0.2, 0.25) is 0 Å². The molecule has 96 valence electrons. The Labute approximate surface area is 98.6 Å². The summed E-state index contributed by atoms with van der Waals surface area (Å²) in [6, 6.07) is 0. The lowest BCUT2D eigenvalue weighted by Gasteiger charge is -2.28. The maximum Gasteiger partial charge on any atom is 0.151 e. The van der Waals surface area contributed by atoms with E-state index in [0.717, 1.165) is 25.7 Å². The van der Waals surface area contributed by atoms with E-state index in [1.165, 1.54) is 0 Å². The summed E-state index contributed by atoms with van der Waals surface area (Å²) in [5, 5.41) is 10.2. The molecule has 1 saturated carbocycles. The van der Waals surface area contributed by atoms with Gasteiger partial charge < -0.3 is 10.0 Å². The first-order chi connectivity index (χ1) is 7.37. The summed E-state index contributed by atoms with van der Waals surface area (Å²) in [4.78, 5) is 1.93. The molecule has 4 nitrogen and oxygen atoms in total. The molecule has 1 rings (SSSR count). The number of hydrogen-bond acceptors (Lipinski definition) is 4. The van der Waals surface area contributed by atoms with E-state index in [1.807, 2.05) is 11.9 Å². The molecule has 1 N–H and O–H groups in total. The van der Waals surface area contributed by atoms with Crippen LogP contribution < -0.4 is 0 Å². The van der Waals surface area contributed by atoms with E-state index in [2.05, 4.69) is 0 Å². The molecule has 5 heteroatoms. The molecule has 16 heavy (non-hydrogen) atoms. The van der Waals surface area contributed by atoms with Crippen molar-refractivity contribution in [2.45, 2.75) is 38.2 Å². The fraction of sp³-hybridized carbons (Fsp3) is 1.00. The van der Waals surface area contributed by atoms with Crippen LogP contribution in [0.15, 0.2) is 0 Å². The summed E-state index contributed by atoms with van der Waals surface area (Å²) in [5.41, 5.74) is -0.579. The largest absolute Gasteiger partial charge is 0.389 e. The first kappa shape index (κ1) is 13.9. The lowest BCUT2D eigenvalue weighted by molar-refractivity contribution is 0.0178. The predicted molar refractivity (Wildman–Crippen MR) is 65.2 cm³/mol. The minimum atomic E-state index is -2.89. The Kier molecular flexibility index (Phi) is 4.76. The average molecular weight is 249 g/mol. The van der Waals surface area contributed by atoms with Gasteiger partial charge in [-0.3, -0.25) is 0 Å². The van der Waals surface area contributed by atoms with Crippen molar-refractivity contribution in [3.63, 3.8) is 0 Å². The highest BCUT2D eigenvalue weighted by molar-refractivity contribution is 7.91. The molecule has 0 aromatic rings. The van der Waals surface area contributed by atoms with Crippen molar-refractivity contribution in [2.24, 2.45) is 0 Å². The molecule has 0 aliphatic heterocycles. The highest BCUT2D eigenvalue weighted by atomic mass is 32.2. The van der Waals surface area contributed by atoms with Gasteiger partial charge in [0.25, 0.3) is 0 Å². The van der Waals surface area contributed by atoms with E-state index in [4.69, 9.17) is 0 Å². The Morgan fingerprint density at radius 3 is 2.38 bits per heavy atom. The van der Waals surface area contributed by atoms with Crippen LogP contribution in [-0.2, 0) is 9.84 Å². The fourth-order valence-corrected chi connectivity index (χ4v) is 3.09. The average Bonchev–Trinajstić information content (AvgIpc) is 2.62. The van der Waals surface area contributed by atoms with Crippen LogP contribution >= 0.6 is 0 Å². The van der Waals surface area contributed by atoms with Crippen LogP contribution in [0.3, 0.4) is 0 Å². The minimum Gasteiger partial charge on any atom is -0.389 e. The molecule has 1 aliphatic rings. The van der Waals surface area contributed by atoms with Crippen LogP contribution in [0.5, 0.6) is 0 Å². The second kappa shape index (κ2) is 5.47. The van der Waals surface area contributed by atoms with Crippen molar-refractivity contribution < 1.29 is 13.5 Å². The van der Waals surface area contributed by atoms with Crippen LogP contribution in [0.1, 0.15) is 32.6 Å². The van der Waals surface area contributed by atoms with Crippen molar-refractivity contribution in [1.82, 2.24) is 4.90 Å². The Balaban J connectivity index is 2.33. The molecular formula is C11H23NO3S. The standard InChI is InChI=1S/C11H23NO3S/c1-3-16(14,15)9-8-12(2)10-11(13)6-4-5-7-11/h13H,3-10H2,1-2H3. The summed E-state index contributed by atoms with van der Waals surface area (Å²) < 4.78 is 22.7. The van der Waals surface area contributed by atoms with Gasteiger partial charge >= 0.3 is 0 Å². The van der Waals surface area contributed by atoms with Crippen molar-refractivity contribution in [1.29, 1.82) is 0 Å². The molecule has 0 bridgehead atoms. The molecule has 0 radical (unpaired) electrons. The van der Waals surface area contributed by atoms with Crippen molar-refractivity contribution in [3.8, 4) is 0 Å². The van der Waals surface area contributed by atoms with Gasteiger partial charge in [0.15, 0.2) is 9.84 Å². The highest BCUT2D eigenvalue weighted by Gasteiger charge is 2.32. The second-order valence-electron chi connectivity index (χ2n) is 4.91. The first-order valence-electron chi connectivity index (χ1n) is 5.98. The van der Waals surface area contributed by atoms with Gasteiger partial charge in [0.2, 0.25) is 0 Å². The predicted octanol–water partition coefficient (Wildman–Crippen LogP) is 0.658. The summed E-state index contributed by atoms with van der Waals surface area (Å²) in [6.07, 6.45) is 3.85. The summed E-state index contributed by atoms with van der Waals surface area (Å²) in [7, 11) is -1.01. The number of rotatable bonds is 6. The van der Waals surface area contributed by atoms with Crippen molar-refractivity contribution >= 4 is 9.84 Å². The molecular weight excluding hydrogens is 226 g/mol. The molecule has 0 saturated heterocycles. The molecule has 1 fully saturated rings. The Hall–Kier alpha value is -0.130.